The molecule has 0 bridgehead atoms. The fraction of sp³-hybridized carbons (Fsp3) is 0.400. The van der Waals surface area contributed by atoms with E-state index in [2.05, 4.69) is 78.1 Å². The molecular formula is C25H30ClN3. The third kappa shape index (κ3) is 4.50. The predicted molar refractivity (Wildman–Crippen MR) is 125 cm³/mol. The number of rotatable bonds is 3. The first kappa shape index (κ1) is 21.4. The minimum Gasteiger partial charge on any atom is -0.344 e. The lowest BCUT2D eigenvalue weighted by molar-refractivity contribution is 0.461. The Morgan fingerprint density at radius 2 is 1.76 bits per heavy atom. The van der Waals surface area contributed by atoms with Gasteiger partial charge in [-0.1, -0.05) is 57.2 Å². The lowest BCUT2D eigenvalue weighted by Crippen LogP contribution is -2.26. The van der Waals surface area contributed by atoms with Gasteiger partial charge in [-0.25, -0.2) is 4.85 Å². The van der Waals surface area contributed by atoms with Crippen LogP contribution in [0, 0.1) is 6.57 Å². The molecule has 1 aliphatic heterocycles. The van der Waals surface area contributed by atoms with E-state index in [9.17, 15) is 0 Å². The van der Waals surface area contributed by atoms with Crippen LogP contribution in [0.25, 0.3) is 15.7 Å². The molecule has 2 heterocycles. The molecular weight excluding hydrogens is 378 g/mol. The highest BCUT2D eigenvalue weighted by atomic mass is 35.5. The maximum absolute atomic E-state index is 7.40. The molecule has 4 heteroatoms. The average Bonchev–Trinajstić information content (AvgIpc) is 3.06. The molecule has 0 unspecified atom stereocenters. The predicted octanol–water partition coefficient (Wildman–Crippen LogP) is 6.43. The van der Waals surface area contributed by atoms with Crippen LogP contribution in [0.5, 0.6) is 0 Å². The van der Waals surface area contributed by atoms with E-state index < -0.39 is 0 Å². The Balaban J connectivity index is 0.00000240. The van der Waals surface area contributed by atoms with E-state index in [-0.39, 0.29) is 17.8 Å². The summed E-state index contributed by atoms with van der Waals surface area (Å²) in [6, 6.07) is 15.2. The number of hydrogen-bond donors (Lipinski definition) is 1. The number of benzene rings is 2. The van der Waals surface area contributed by atoms with Crippen molar-refractivity contribution in [1.82, 2.24) is 9.88 Å². The van der Waals surface area contributed by atoms with Gasteiger partial charge in [0.25, 0.3) is 0 Å². The topological polar surface area (TPSA) is 21.3 Å². The average molecular weight is 408 g/mol. The summed E-state index contributed by atoms with van der Waals surface area (Å²) in [6.45, 7) is 17.2. The van der Waals surface area contributed by atoms with Crippen molar-refractivity contribution in [3.05, 3.63) is 76.8 Å². The van der Waals surface area contributed by atoms with Gasteiger partial charge in [0.2, 0.25) is 0 Å². The first-order chi connectivity index (χ1) is 13.5. The van der Waals surface area contributed by atoms with Crippen LogP contribution in [-0.4, -0.2) is 17.7 Å². The normalized spacial score (nSPS) is 15.1. The second kappa shape index (κ2) is 8.61. The van der Waals surface area contributed by atoms with Gasteiger partial charge in [-0.2, -0.15) is 0 Å². The molecule has 3 aromatic rings. The molecule has 152 valence electrons. The van der Waals surface area contributed by atoms with Crippen molar-refractivity contribution in [2.24, 2.45) is 0 Å². The summed E-state index contributed by atoms with van der Waals surface area (Å²) in [7, 11) is 0. The minimum absolute atomic E-state index is 0. The van der Waals surface area contributed by atoms with Gasteiger partial charge >= 0.3 is 0 Å². The van der Waals surface area contributed by atoms with Gasteiger partial charge in [-0.05, 0) is 60.0 Å². The summed E-state index contributed by atoms with van der Waals surface area (Å²) < 4.78 is 2.34. The van der Waals surface area contributed by atoms with Crippen molar-refractivity contribution in [1.29, 1.82) is 0 Å². The summed E-state index contributed by atoms with van der Waals surface area (Å²) >= 11 is 0. The lowest BCUT2D eigenvalue weighted by atomic mass is 9.87. The summed E-state index contributed by atoms with van der Waals surface area (Å²) in [6.07, 6.45) is 4.71. The smallest absolute Gasteiger partial charge is 0.189 e. The van der Waals surface area contributed by atoms with E-state index in [1.54, 1.807) is 0 Å². The number of nitrogens with zero attached hydrogens (tertiary/aromatic N) is 2. The van der Waals surface area contributed by atoms with Crippen LogP contribution < -0.4 is 5.32 Å². The minimum atomic E-state index is 0. The SMILES string of the molecule is Cl.[C-]#[N+]c1ccc2c(C3CCNCC3)cn(Cc3ccc(C(C)(C)C)cc3)c2c1. The largest absolute Gasteiger partial charge is 0.344 e. The second-order valence-corrected chi connectivity index (χ2v) is 9.00. The molecule has 1 fully saturated rings. The standard InChI is InChI=1S/C25H29N3.ClH/c1-25(2,3)20-7-5-18(6-8-20)16-28-17-23(19-11-13-27-14-12-19)22-10-9-21(26-4)15-24(22)28;/h5-10,15,17,19,27H,11-14,16H2,1-3H3;1H. The molecule has 0 aliphatic carbocycles. The third-order valence-corrected chi connectivity index (χ3v) is 5.98. The number of fused-ring (bicyclic) bond motifs is 1. The zero-order valence-corrected chi connectivity index (χ0v) is 18.4. The highest BCUT2D eigenvalue weighted by Crippen LogP contribution is 2.35. The number of piperidine rings is 1. The Hall–Kier alpha value is -2.28. The summed E-state index contributed by atoms with van der Waals surface area (Å²) in [5.74, 6) is 0.604. The molecule has 0 amide bonds. The molecule has 1 N–H and O–H groups in total. The van der Waals surface area contributed by atoms with E-state index in [0.717, 1.165) is 19.6 Å². The van der Waals surface area contributed by atoms with Crippen LogP contribution in [0.3, 0.4) is 0 Å². The lowest BCUT2D eigenvalue weighted by Gasteiger charge is -2.22. The first-order valence-corrected chi connectivity index (χ1v) is 10.3. The van der Waals surface area contributed by atoms with E-state index in [1.165, 1.54) is 40.4 Å². The maximum Gasteiger partial charge on any atom is 0.189 e. The van der Waals surface area contributed by atoms with Crippen molar-refractivity contribution in [2.75, 3.05) is 13.1 Å². The number of aromatic nitrogens is 1. The van der Waals surface area contributed by atoms with Crippen LogP contribution in [0.2, 0.25) is 0 Å². The zero-order valence-electron chi connectivity index (χ0n) is 17.5. The quantitative estimate of drug-likeness (QED) is 0.496. The molecule has 1 aliphatic rings. The van der Waals surface area contributed by atoms with Gasteiger partial charge in [0.15, 0.2) is 5.69 Å². The monoisotopic (exact) mass is 407 g/mol. The molecule has 0 radical (unpaired) electrons. The van der Waals surface area contributed by atoms with E-state index in [0.29, 0.717) is 11.6 Å². The maximum atomic E-state index is 7.40. The second-order valence-electron chi connectivity index (χ2n) is 9.00. The Morgan fingerprint density at radius 1 is 1.07 bits per heavy atom. The Labute approximate surface area is 180 Å². The molecule has 0 spiro atoms. The fourth-order valence-electron chi connectivity index (χ4n) is 4.27. The van der Waals surface area contributed by atoms with Gasteiger partial charge < -0.3 is 9.88 Å². The Bertz CT molecular complexity index is 1010. The van der Waals surface area contributed by atoms with Crippen molar-refractivity contribution in [3.63, 3.8) is 0 Å². The molecule has 2 aromatic carbocycles. The van der Waals surface area contributed by atoms with E-state index >= 15 is 0 Å². The van der Waals surface area contributed by atoms with Crippen LogP contribution in [0.15, 0.2) is 48.7 Å². The highest BCUT2D eigenvalue weighted by molar-refractivity contribution is 5.87. The first-order valence-electron chi connectivity index (χ1n) is 10.3. The fourth-order valence-corrected chi connectivity index (χ4v) is 4.27. The van der Waals surface area contributed by atoms with E-state index in [1.807, 2.05) is 6.07 Å². The van der Waals surface area contributed by atoms with Gasteiger partial charge in [-0.3, -0.25) is 0 Å². The van der Waals surface area contributed by atoms with Gasteiger partial charge in [0.1, 0.15) is 0 Å². The van der Waals surface area contributed by atoms with Crippen LogP contribution >= 0.6 is 12.4 Å². The van der Waals surface area contributed by atoms with Crippen molar-refractivity contribution >= 4 is 29.0 Å². The van der Waals surface area contributed by atoms with Crippen LogP contribution in [0.4, 0.5) is 5.69 Å². The van der Waals surface area contributed by atoms with Crippen molar-refractivity contribution in [2.45, 2.75) is 51.5 Å². The van der Waals surface area contributed by atoms with Crippen molar-refractivity contribution < 1.29 is 0 Å². The summed E-state index contributed by atoms with van der Waals surface area (Å²) in [4.78, 5) is 3.66. The zero-order chi connectivity index (χ0) is 19.7. The molecule has 3 nitrogen and oxygen atoms in total. The number of nitrogens with one attached hydrogen (secondary N) is 1. The molecule has 1 saturated heterocycles. The van der Waals surface area contributed by atoms with E-state index in [4.69, 9.17) is 6.57 Å². The van der Waals surface area contributed by atoms with Gasteiger partial charge in [0.05, 0.1) is 6.57 Å². The molecule has 0 saturated carbocycles. The number of halogens is 1. The molecule has 29 heavy (non-hydrogen) atoms. The highest BCUT2D eigenvalue weighted by Gasteiger charge is 2.20. The van der Waals surface area contributed by atoms with Crippen LogP contribution in [-0.2, 0) is 12.0 Å². The summed E-state index contributed by atoms with van der Waals surface area (Å²) in [5.41, 5.74) is 6.17. The molecule has 1 aromatic heterocycles. The van der Waals surface area contributed by atoms with Gasteiger partial charge in [-0.15, -0.1) is 12.4 Å². The molecule has 0 atom stereocenters. The van der Waals surface area contributed by atoms with Crippen molar-refractivity contribution in [3.8, 4) is 0 Å². The Kier molecular flexibility index (Phi) is 6.36. The molecule has 4 rings (SSSR count). The number of hydrogen-bond acceptors (Lipinski definition) is 1. The Morgan fingerprint density at radius 3 is 2.38 bits per heavy atom. The third-order valence-electron chi connectivity index (χ3n) is 5.98. The van der Waals surface area contributed by atoms with Crippen LogP contribution in [0.1, 0.15) is 56.2 Å². The van der Waals surface area contributed by atoms with Gasteiger partial charge in [0, 0.05) is 23.6 Å². The summed E-state index contributed by atoms with van der Waals surface area (Å²) in [5, 5.41) is 4.78.